The van der Waals surface area contributed by atoms with Crippen LogP contribution >= 0.6 is 11.8 Å². The van der Waals surface area contributed by atoms with Gasteiger partial charge in [0.15, 0.2) is 0 Å². The zero-order valence-electron chi connectivity index (χ0n) is 25.9. The monoisotopic (exact) mass is 621 g/mol. The normalized spacial score (nSPS) is 30.6. The second-order valence-corrected chi connectivity index (χ2v) is 14.7. The molecule has 1 spiro atoms. The Hall–Kier alpha value is -3.88. The van der Waals surface area contributed by atoms with Crippen LogP contribution in [0.3, 0.4) is 0 Å². The molecule has 0 aliphatic carbocycles. The Balaban J connectivity index is 1.38. The third kappa shape index (κ3) is 4.48. The number of thioether (sulfide) groups is 1. The van der Waals surface area contributed by atoms with E-state index < -0.39 is 33.4 Å². The van der Waals surface area contributed by atoms with E-state index in [9.17, 15) is 14.7 Å². The first-order chi connectivity index (χ1) is 21.7. The average molecular weight is 622 g/mol. The second-order valence-electron chi connectivity index (χ2n) is 12.9. The van der Waals surface area contributed by atoms with Gasteiger partial charge in [-0.1, -0.05) is 93.1 Å². The molecule has 7 nitrogen and oxygen atoms in total. The Labute approximate surface area is 268 Å². The van der Waals surface area contributed by atoms with Crippen molar-refractivity contribution in [1.82, 2.24) is 4.90 Å². The zero-order valence-corrected chi connectivity index (χ0v) is 26.7. The Morgan fingerprint density at radius 1 is 0.822 bits per heavy atom. The molecule has 7 rings (SSSR count). The molecule has 1 N–H and O–H groups in total. The average Bonchev–Trinajstić information content (AvgIpc) is 3.32. The predicted octanol–water partition coefficient (Wildman–Crippen LogP) is 5.44. The van der Waals surface area contributed by atoms with Gasteiger partial charge >= 0.3 is 0 Å². The summed E-state index contributed by atoms with van der Waals surface area (Å²) in [7, 11) is 0. The number of fused-ring (bicyclic) bond motifs is 3. The maximum absolute atomic E-state index is 15.0. The van der Waals surface area contributed by atoms with Crippen molar-refractivity contribution in [3.8, 4) is 0 Å². The predicted molar refractivity (Wildman–Crippen MR) is 180 cm³/mol. The number of aliphatic hydroxyl groups excluding tert-OH is 1. The number of anilines is 2. The van der Waals surface area contributed by atoms with Crippen LogP contribution in [0.25, 0.3) is 10.8 Å². The van der Waals surface area contributed by atoms with Crippen LogP contribution in [0.2, 0.25) is 0 Å². The molecule has 0 radical (unpaired) electrons. The largest absolute Gasteiger partial charge is 0.394 e. The molecular weight excluding hydrogens is 582 g/mol. The van der Waals surface area contributed by atoms with Crippen molar-refractivity contribution in [2.75, 3.05) is 29.5 Å². The maximum Gasteiger partial charge on any atom is 0.251 e. The van der Waals surface area contributed by atoms with E-state index in [1.165, 1.54) is 0 Å². The number of hydrogen-bond donors (Lipinski definition) is 1. The summed E-state index contributed by atoms with van der Waals surface area (Å²) in [6, 6.07) is 22.2. The van der Waals surface area contributed by atoms with Gasteiger partial charge in [-0.25, -0.2) is 0 Å². The number of carbonyl (C=O) groups excluding carboxylic acids is 3. The van der Waals surface area contributed by atoms with Crippen molar-refractivity contribution in [2.45, 2.75) is 48.8 Å². The maximum atomic E-state index is 15.0. The van der Waals surface area contributed by atoms with E-state index in [0.717, 1.165) is 28.6 Å². The van der Waals surface area contributed by atoms with Gasteiger partial charge in [-0.05, 0) is 47.9 Å². The number of aliphatic hydroxyl groups is 1. The van der Waals surface area contributed by atoms with Crippen LogP contribution in [-0.2, 0) is 14.4 Å². The molecular formula is C37H39N3O4S. The number of benzene rings is 3. The first kappa shape index (κ1) is 29.8. The Morgan fingerprint density at radius 3 is 2.20 bits per heavy atom. The minimum absolute atomic E-state index is 0.0501. The van der Waals surface area contributed by atoms with Gasteiger partial charge in [-0.15, -0.1) is 11.8 Å². The van der Waals surface area contributed by atoms with Crippen molar-refractivity contribution < 1.29 is 19.5 Å². The molecule has 4 aliphatic rings. The summed E-state index contributed by atoms with van der Waals surface area (Å²) in [5.41, 5.74) is 1.54. The standard InChI is InChI=1S/C37H39N3O4S/c1-4-24(2)29(23-41)40-32-35(44)39(28-17-16-25-12-8-9-13-26(25)22-28)21-11-19-37(32)31(34(40)43)30-33(42)38(27-14-6-5-7-15-27)20-10-18-36(30,3)45-37/h5-19,22,24,29-32,41H,4,20-21,23H2,1-3H3/t24-,29-,30-,31-,32?,36+,37-/m0/s1. The lowest BCUT2D eigenvalue weighted by molar-refractivity contribution is -0.143. The number of amides is 3. The minimum atomic E-state index is -0.986. The lowest BCUT2D eigenvalue weighted by atomic mass is 9.74. The van der Waals surface area contributed by atoms with Crippen LogP contribution in [0.1, 0.15) is 27.2 Å². The molecule has 2 saturated heterocycles. The molecule has 4 heterocycles. The van der Waals surface area contributed by atoms with E-state index >= 15 is 4.79 Å². The topological polar surface area (TPSA) is 81.2 Å². The van der Waals surface area contributed by atoms with E-state index in [2.05, 4.69) is 6.08 Å². The quantitative estimate of drug-likeness (QED) is 0.371. The van der Waals surface area contributed by atoms with Crippen LogP contribution in [0.5, 0.6) is 0 Å². The van der Waals surface area contributed by atoms with Gasteiger partial charge in [0.1, 0.15) is 6.04 Å². The summed E-state index contributed by atoms with van der Waals surface area (Å²) in [5.74, 6) is -2.04. The summed E-state index contributed by atoms with van der Waals surface area (Å²) in [5, 5.41) is 12.9. The smallest absolute Gasteiger partial charge is 0.251 e. The lowest BCUT2D eigenvalue weighted by Gasteiger charge is -2.41. The fourth-order valence-electron chi connectivity index (χ4n) is 8.05. The van der Waals surface area contributed by atoms with Crippen molar-refractivity contribution in [3.63, 3.8) is 0 Å². The molecule has 3 aromatic carbocycles. The summed E-state index contributed by atoms with van der Waals surface area (Å²) < 4.78 is -1.70. The van der Waals surface area contributed by atoms with Crippen LogP contribution < -0.4 is 9.80 Å². The third-order valence-corrected chi connectivity index (χ3v) is 12.2. The van der Waals surface area contributed by atoms with Crippen molar-refractivity contribution in [1.29, 1.82) is 0 Å². The SMILES string of the molecule is CC[C@H](C)[C@H](CO)N1C(=O)[C@@H]2[C@H]3C(=O)N(c4ccccc4)CC=C[C@@]3(C)S[C@@]23C=CCN(c2ccc4ccccc4c2)C(=O)C13. The molecule has 7 atom stereocenters. The summed E-state index contributed by atoms with van der Waals surface area (Å²) in [6.45, 7) is 6.58. The summed E-state index contributed by atoms with van der Waals surface area (Å²) in [6.07, 6.45) is 8.87. The molecule has 3 aromatic rings. The highest BCUT2D eigenvalue weighted by molar-refractivity contribution is 8.02. The number of para-hydroxylation sites is 1. The first-order valence-electron chi connectivity index (χ1n) is 15.9. The molecule has 45 heavy (non-hydrogen) atoms. The van der Waals surface area contributed by atoms with Gasteiger partial charge in [0.25, 0.3) is 5.91 Å². The number of hydrogen-bond acceptors (Lipinski definition) is 5. The summed E-state index contributed by atoms with van der Waals surface area (Å²) in [4.78, 5) is 49.8. The molecule has 0 aromatic heterocycles. The van der Waals surface area contributed by atoms with E-state index in [4.69, 9.17) is 0 Å². The van der Waals surface area contributed by atoms with Crippen molar-refractivity contribution in [3.05, 3.63) is 97.1 Å². The van der Waals surface area contributed by atoms with Crippen molar-refractivity contribution in [2.24, 2.45) is 17.8 Å². The minimum Gasteiger partial charge on any atom is -0.394 e. The van der Waals surface area contributed by atoms with E-state index in [1.807, 2.05) is 112 Å². The van der Waals surface area contributed by atoms with Crippen LogP contribution in [0.15, 0.2) is 97.1 Å². The van der Waals surface area contributed by atoms with E-state index in [-0.39, 0.29) is 30.2 Å². The van der Waals surface area contributed by atoms with Crippen LogP contribution in [-0.4, -0.2) is 69.0 Å². The molecule has 0 saturated carbocycles. The molecule has 1 unspecified atom stereocenters. The van der Waals surface area contributed by atoms with Gasteiger partial charge in [0.2, 0.25) is 11.8 Å². The number of carbonyl (C=O) groups is 3. The van der Waals surface area contributed by atoms with Gasteiger partial charge in [0.05, 0.1) is 29.2 Å². The van der Waals surface area contributed by atoms with Crippen LogP contribution in [0, 0.1) is 17.8 Å². The highest BCUT2D eigenvalue weighted by atomic mass is 32.2. The third-order valence-electron chi connectivity index (χ3n) is 10.5. The molecule has 232 valence electrons. The van der Waals surface area contributed by atoms with Gasteiger partial charge in [-0.2, -0.15) is 0 Å². The number of rotatable bonds is 6. The van der Waals surface area contributed by atoms with Crippen molar-refractivity contribution >= 4 is 51.6 Å². The highest BCUT2D eigenvalue weighted by Crippen LogP contribution is 2.66. The Kier molecular flexibility index (Phi) is 7.40. The van der Waals surface area contributed by atoms with Gasteiger partial charge in [0, 0.05) is 29.2 Å². The molecule has 2 fully saturated rings. The lowest BCUT2D eigenvalue weighted by Crippen LogP contribution is -2.58. The molecule has 8 heteroatoms. The Bertz CT molecular complexity index is 1720. The molecule has 0 bridgehead atoms. The summed E-state index contributed by atoms with van der Waals surface area (Å²) >= 11 is 1.57. The van der Waals surface area contributed by atoms with Gasteiger partial charge < -0.3 is 19.8 Å². The van der Waals surface area contributed by atoms with E-state index in [0.29, 0.717) is 13.1 Å². The fourth-order valence-corrected chi connectivity index (χ4v) is 10.2. The second kappa shape index (κ2) is 11.2. The molecule has 3 amide bonds. The van der Waals surface area contributed by atoms with Crippen LogP contribution in [0.4, 0.5) is 11.4 Å². The Morgan fingerprint density at radius 2 is 1.49 bits per heavy atom. The van der Waals surface area contributed by atoms with Gasteiger partial charge in [-0.3, -0.25) is 14.4 Å². The number of nitrogens with zero attached hydrogens (tertiary/aromatic N) is 3. The van der Waals surface area contributed by atoms with E-state index in [1.54, 1.807) is 26.5 Å². The highest BCUT2D eigenvalue weighted by Gasteiger charge is 2.74. The zero-order chi connectivity index (χ0) is 31.5. The number of likely N-dealkylation sites (tertiary alicyclic amines) is 1. The fraction of sp³-hybridized carbons (Fsp3) is 0.378. The first-order valence-corrected chi connectivity index (χ1v) is 16.7. The molecule has 4 aliphatic heterocycles.